The fraction of sp³-hybridized carbons (Fsp3) is 0.562. The summed E-state index contributed by atoms with van der Waals surface area (Å²) >= 11 is 0. The van der Waals surface area contributed by atoms with Crippen molar-refractivity contribution in [2.24, 2.45) is 0 Å². The first kappa shape index (κ1) is 29.7. The standard InChI is InChI=1S/C32H43N3O6/c1-22(39-23(2)37)31(38)33-27-13-11-26(12-14-27)32-40-29(18-30(41-32)25-9-7-24(21-36)8-10-25)20-35-17-5-6-28(35)19-34-15-3-4-16-34/h7-14,22,28-30,32,36H,3-6,15-21H2,1-2H3,(H,33,38). The molecule has 0 radical (unpaired) electrons. The van der Waals surface area contributed by atoms with E-state index in [1.54, 1.807) is 0 Å². The van der Waals surface area contributed by atoms with Crippen molar-refractivity contribution in [1.29, 1.82) is 0 Å². The van der Waals surface area contributed by atoms with E-state index >= 15 is 0 Å². The van der Waals surface area contributed by atoms with Crippen molar-refractivity contribution in [2.45, 2.75) is 83.2 Å². The van der Waals surface area contributed by atoms with E-state index in [1.165, 1.54) is 52.6 Å². The molecule has 9 heteroatoms. The Balaban J connectivity index is 1.28. The summed E-state index contributed by atoms with van der Waals surface area (Å²) in [6.07, 6.45) is 4.25. The van der Waals surface area contributed by atoms with E-state index in [-0.39, 0.29) is 18.8 Å². The van der Waals surface area contributed by atoms with E-state index in [2.05, 4.69) is 15.1 Å². The van der Waals surface area contributed by atoms with Crippen molar-refractivity contribution in [1.82, 2.24) is 9.80 Å². The Morgan fingerprint density at radius 1 is 0.976 bits per heavy atom. The molecule has 3 heterocycles. The number of carbonyl (C=O) groups is 2. The van der Waals surface area contributed by atoms with Gasteiger partial charge in [-0.25, -0.2) is 0 Å². The Morgan fingerprint density at radius 3 is 2.37 bits per heavy atom. The van der Waals surface area contributed by atoms with Crippen LogP contribution in [0.1, 0.15) is 75.0 Å². The Kier molecular flexibility index (Phi) is 10.1. The summed E-state index contributed by atoms with van der Waals surface area (Å²) in [5.41, 5.74) is 3.41. The molecule has 3 fully saturated rings. The van der Waals surface area contributed by atoms with Crippen LogP contribution in [0, 0.1) is 0 Å². The highest BCUT2D eigenvalue weighted by Crippen LogP contribution is 2.39. The predicted molar refractivity (Wildman–Crippen MR) is 155 cm³/mol. The SMILES string of the molecule is CC(=O)OC(C)C(=O)Nc1ccc(C2OC(CN3CCCC3CN3CCCC3)CC(c3ccc(CO)cc3)O2)cc1. The minimum Gasteiger partial charge on any atom is -0.453 e. The van der Waals surface area contributed by atoms with Gasteiger partial charge in [-0.3, -0.25) is 14.5 Å². The molecule has 0 bridgehead atoms. The lowest BCUT2D eigenvalue weighted by Gasteiger charge is -2.39. The zero-order valence-corrected chi connectivity index (χ0v) is 24.2. The summed E-state index contributed by atoms with van der Waals surface area (Å²) in [5.74, 6) is -0.889. The summed E-state index contributed by atoms with van der Waals surface area (Å²) in [6.45, 7) is 8.36. The van der Waals surface area contributed by atoms with E-state index in [0.29, 0.717) is 11.7 Å². The number of benzene rings is 2. The number of nitrogens with one attached hydrogen (secondary N) is 1. The van der Waals surface area contributed by atoms with Gasteiger partial charge in [0.1, 0.15) is 0 Å². The lowest BCUT2D eigenvalue weighted by Crippen LogP contribution is -2.45. The Labute approximate surface area is 242 Å². The number of aliphatic hydroxyl groups excluding tert-OH is 1. The molecule has 5 rings (SSSR count). The number of rotatable bonds is 10. The fourth-order valence-electron chi connectivity index (χ4n) is 6.17. The number of nitrogens with zero attached hydrogens (tertiary/aromatic N) is 2. The zero-order chi connectivity index (χ0) is 28.8. The average Bonchev–Trinajstić information content (AvgIpc) is 3.65. The second kappa shape index (κ2) is 13.9. The number of amides is 1. The molecule has 222 valence electrons. The number of esters is 1. The van der Waals surface area contributed by atoms with Crippen molar-refractivity contribution in [3.63, 3.8) is 0 Å². The Morgan fingerprint density at radius 2 is 1.68 bits per heavy atom. The van der Waals surface area contributed by atoms with Crippen LogP contribution in [0.4, 0.5) is 5.69 Å². The first-order valence-electron chi connectivity index (χ1n) is 14.9. The van der Waals surface area contributed by atoms with Crippen LogP contribution in [0.2, 0.25) is 0 Å². The molecular weight excluding hydrogens is 522 g/mol. The summed E-state index contributed by atoms with van der Waals surface area (Å²) in [5, 5.41) is 12.3. The molecule has 5 atom stereocenters. The second-order valence-corrected chi connectivity index (χ2v) is 11.5. The monoisotopic (exact) mass is 565 g/mol. The van der Waals surface area contributed by atoms with E-state index in [9.17, 15) is 14.7 Å². The van der Waals surface area contributed by atoms with E-state index in [0.717, 1.165) is 42.7 Å². The van der Waals surface area contributed by atoms with Crippen LogP contribution in [0.25, 0.3) is 0 Å². The molecule has 0 saturated carbocycles. The normalized spacial score (nSPS) is 26.1. The first-order chi connectivity index (χ1) is 19.9. The van der Waals surface area contributed by atoms with Crippen molar-refractivity contribution in [3.05, 3.63) is 65.2 Å². The van der Waals surface area contributed by atoms with Gasteiger partial charge in [0.15, 0.2) is 12.4 Å². The number of ether oxygens (including phenoxy) is 3. The van der Waals surface area contributed by atoms with E-state index in [1.807, 2.05) is 48.5 Å². The summed E-state index contributed by atoms with van der Waals surface area (Å²) in [7, 11) is 0. The molecule has 9 nitrogen and oxygen atoms in total. The third kappa shape index (κ3) is 7.93. The number of hydrogen-bond donors (Lipinski definition) is 2. The van der Waals surface area contributed by atoms with Crippen molar-refractivity contribution in [3.8, 4) is 0 Å². The summed E-state index contributed by atoms with van der Waals surface area (Å²) in [4.78, 5) is 28.8. The lowest BCUT2D eigenvalue weighted by molar-refractivity contribution is -0.253. The second-order valence-electron chi connectivity index (χ2n) is 11.5. The highest BCUT2D eigenvalue weighted by atomic mass is 16.7. The van der Waals surface area contributed by atoms with E-state index in [4.69, 9.17) is 14.2 Å². The molecule has 0 aliphatic carbocycles. The molecule has 3 saturated heterocycles. The fourth-order valence-corrected chi connectivity index (χ4v) is 6.17. The third-order valence-electron chi connectivity index (χ3n) is 8.38. The van der Waals surface area contributed by atoms with Gasteiger partial charge in [0.05, 0.1) is 18.8 Å². The molecule has 3 aliphatic heterocycles. The zero-order valence-electron chi connectivity index (χ0n) is 24.2. The number of aliphatic hydroxyl groups is 1. The predicted octanol–water partition coefficient (Wildman–Crippen LogP) is 4.17. The van der Waals surface area contributed by atoms with Gasteiger partial charge in [-0.2, -0.15) is 0 Å². The molecule has 0 aromatic heterocycles. The molecule has 1 amide bonds. The van der Waals surface area contributed by atoms with Crippen LogP contribution in [-0.2, 0) is 30.4 Å². The molecule has 5 unspecified atom stereocenters. The number of anilines is 1. The molecular formula is C32H43N3O6. The quantitative estimate of drug-likeness (QED) is 0.414. The molecule has 2 aromatic carbocycles. The topological polar surface area (TPSA) is 101 Å². The van der Waals surface area contributed by atoms with Crippen LogP contribution < -0.4 is 5.32 Å². The van der Waals surface area contributed by atoms with Crippen LogP contribution in [0.5, 0.6) is 0 Å². The maximum Gasteiger partial charge on any atom is 0.303 e. The van der Waals surface area contributed by atoms with Crippen molar-refractivity contribution < 1.29 is 28.9 Å². The smallest absolute Gasteiger partial charge is 0.303 e. The maximum absolute atomic E-state index is 12.4. The molecule has 2 aromatic rings. The van der Waals surface area contributed by atoms with Gasteiger partial charge in [-0.1, -0.05) is 36.4 Å². The van der Waals surface area contributed by atoms with Gasteiger partial charge in [-0.05, 0) is 75.5 Å². The maximum atomic E-state index is 12.4. The minimum absolute atomic E-state index is 0.000551. The number of hydrogen-bond acceptors (Lipinski definition) is 8. The van der Waals surface area contributed by atoms with Gasteiger partial charge in [0, 0.05) is 43.7 Å². The highest BCUT2D eigenvalue weighted by molar-refractivity contribution is 5.94. The van der Waals surface area contributed by atoms with Gasteiger partial charge in [0.25, 0.3) is 5.91 Å². The van der Waals surface area contributed by atoms with Crippen LogP contribution in [0.3, 0.4) is 0 Å². The van der Waals surface area contributed by atoms with Crippen LogP contribution in [-0.4, -0.2) is 77.8 Å². The highest BCUT2D eigenvalue weighted by Gasteiger charge is 2.36. The lowest BCUT2D eigenvalue weighted by atomic mass is 9.99. The minimum atomic E-state index is -0.879. The third-order valence-corrected chi connectivity index (χ3v) is 8.38. The molecule has 2 N–H and O–H groups in total. The number of carbonyl (C=O) groups excluding carboxylic acids is 2. The first-order valence-corrected chi connectivity index (χ1v) is 14.9. The summed E-state index contributed by atoms with van der Waals surface area (Å²) in [6, 6.07) is 15.9. The van der Waals surface area contributed by atoms with Gasteiger partial charge in [0.2, 0.25) is 0 Å². The van der Waals surface area contributed by atoms with Crippen LogP contribution in [0.15, 0.2) is 48.5 Å². The summed E-state index contributed by atoms with van der Waals surface area (Å²) < 4.78 is 18.1. The average molecular weight is 566 g/mol. The van der Waals surface area contributed by atoms with Crippen molar-refractivity contribution in [2.75, 3.05) is 38.0 Å². The Hall–Kier alpha value is -2.82. The molecule has 3 aliphatic rings. The van der Waals surface area contributed by atoms with Gasteiger partial charge < -0.3 is 29.5 Å². The molecule has 41 heavy (non-hydrogen) atoms. The van der Waals surface area contributed by atoms with Crippen molar-refractivity contribution >= 4 is 17.6 Å². The molecule has 0 spiro atoms. The Bertz CT molecular complexity index is 1150. The van der Waals surface area contributed by atoms with Gasteiger partial charge >= 0.3 is 5.97 Å². The van der Waals surface area contributed by atoms with E-state index < -0.39 is 24.3 Å². The number of likely N-dealkylation sites (tertiary alicyclic amines) is 2. The largest absolute Gasteiger partial charge is 0.453 e. The van der Waals surface area contributed by atoms with Gasteiger partial charge in [-0.15, -0.1) is 0 Å². The van der Waals surface area contributed by atoms with Crippen LogP contribution >= 0.6 is 0 Å².